The number of pyridine rings is 1. The molecular formula is C16H27N3O. The van der Waals surface area contributed by atoms with Gasteiger partial charge in [-0.25, -0.2) is 4.98 Å². The molecule has 0 fully saturated rings. The Labute approximate surface area is 122 Å². The molecule has 1 rings (SSSR count). The first-order chi connectivity index (χ1) is 9.64. The normalized spacial score (nSPS) is 10.7. The van der Waals surface area contributed by atoms with Crippen LogP contribution in [-0.4, -0.2) is 23.5 Å². The summed E-state index contributed by atoms with van der Waals surface area (Å²) in [6.07, 6.45) is 3.77. The summed E-state index contributed by atoms with van der Waals surface area (Å²) in [5.74, 6) is 0.788. The monoisotopic (exact) mass is 277 g/mol. The number of nitrogens with one attached hydrogen (secondary N) is 2. The van der Waals surface area contributed by atoms with Crippen molar-refractivity contribution < 1.29 is 4.79 Å². The number of anilines is 1. The van der Waals surface area contributed by atoms with Crippen LogP contribution in [0.3, 0.4) is 0 Å². The van der Waals surface area contributed by atoms with Gasteiger partial charge in [0.1, 0.15) is 5.82 Å². The van der Waals surface area contributed by atoms with Crippen LogP contribution in [0.1, 0.15) is 63.0 Å². The molecule has 20 heavy (non-hydrogen) atoms. The van der Waals surface area contributed by atoms with E-state index >= 15 is 0 Å². The minimum atomic E-state index is -0.00431. The highest BCUT2D eigenvalue weighted by Crippen LogP contribution is 2.12. The fourth-order valence-electron chi connectivity index (χ4n) is 2.01. The molecule has 1 aromatic rings. The second kappa shape index (κ2) is 8.56. The van der Waals surface area contributed by atoms with Gasteiger partial charge in [-0.05, 0) is 37.8 Å². The first-order valence-electron chi connectivity index (χ1n) is 7.70. The fraction of sp³-hybridized carbons (Fsp3) is 0.625. The van der Waals surface area contributed by atoms with Gasteiger partial charge >= 0.3 is 0 Å². The number of hydrogen-bond acceptors (Lipinski definition) is 3. The van der Waals surface area contributed by atoms with Gasteiger partial charge < -0.3 is 10.6 Å². The van der Waals surface area contributed by atoms with E-state index in [0.717, 1.165) is 43.7 Å². The summed E-state index contributed by atoms with van der Waals surface area (Å²) in [5.41, 5.74) is 1.64. The summed E-state index contributed by atoms with van der Waals surface area (Å²) in [4.78, 5) is 16.8. The summed E-state index contributed by atoms with van der Waals surface area (Å²) in [7, 11) is 0. The van der Waals surface area contributed by atoms with E-state index in [1.165, 1.54) is 0 Å². The molecule has 0 saturated heterocycles. The van der Waals surface area contributed by atoms with Crippen molar-refractivity contribution in [3.05, 3.63) is 23.4 Å². The van der Waals surface area contributed by atoms with Gasteiger partial charge in [-0.2, -0.15) is 0 Å². The number of aryl methyl sites for hydroxylation is 1. The Hall–Kier alpha value is -1.58. The SMILES string of the molecule is CCCNc1cc(C(=O)NC(CC)CC)cc(CC)n1. The molecule has 0 bridgehead atoms. The van der Waals surface area contributed by atoms with E-state index in [9.17, 15) is 4.79 Å². The van der Waals surface area contributed by atoms with Crippen LogP contribution in [0, 0.1) is 0 Å². The van der Waals surface area contributed by atoms with E-state index in [0.29, 0.717) is 5.56 Å². The maximum absolute atomic E-state index is 12.3. The Morgan fingerprint density at radius 1 is 1.20 bits per heavy atom. The molecule has 0 saturated carbocycles. The second-order valence-electron chi connectivity index (χ2n) is 5.00. The molecule has 0 radical (unpaired) electrons. The molecule has 0 spiro atoms. The zero-order valence-electron chi connectivity index (χ0n) is 13.1. The van der Waals surface area contributed by atoms with Crippen molar-refractivity contribution >= 4 is 11.7 Å². The van der Waals surface area contributed by atoms with Crippen LogP contribution in [0.4, 0.5) is 5.82 Å². The number of nitrogens with zero attached hydrogens (tertiary/aromatic N) is 1. The van der Waals surface area contributed by atoms with Gasteiger partial charge in [0.15, 0.2) is 0 Å². The van der Waals surface area contributed by atoms with Crippen LogP contribution in [-0.2, 0) is 6.42 Å². The van der Waals surface area contributed by atoms with Gasteiger partial charge in [0, 0.05) is 23.8 Å². The minimum Gasteiger partial charge on any atom is -0.370 e. The van der Waals surface area contributed by atoms with Gasteiger partial charge in [0.25, 0.3) is 5.91 Å². The number of hydrogen-bond donors (Lipinski definition) is 2. The summed E-state index contributed by atoms with van der Waals surface area (Å²) in [6.45, 7) is 9.21. The molecule has 1 aromatic heterocycles. The van der Waals surface area contributed by atoms with Crippen LogP contribution in [0.2, 0.25) is 0 Å². The van der Waals surface area contributed by atoms with E-state index in [-0.39, 0.29) is 11.9 Å². The fourth-order valence-corrected chi connectivity index (χ4v) is 2.01. The largest absolute Gasteiger partial charge is 0.370 e. The summed E-state index contributed by atoms with van der Waals surface area (Å²) < 4.78 is 0. The molecule has 2 N–H and O–H groups in total. The standard InChI is InChI=1S/C16H27N3O/c1-5-9-17-15-11-12(10-14(8-4)18-15)16(20)19-13(6-2)7-3/h10-11,13H,5-9H2,1-4H3,(H,17,18)(H,19,20). The van der Waals surface area contributed by atoms with Gasteiger partial charge in [-0.15, -0.1) is 0 Å². The maximum Gasteiger partial charge on any atom is 0.251 e. The smallest absolute Gasteiger partial charge is 0.251 e. The Morgan fingerprint density at radius 2 is 1.90 bits per heavy atom. The first kappa shape index (κ1) is 16.5. The molecule has 0 aromatic carbocycles. The van der Waals surface area contributed by atoms with E-state index < -0.39 is 0 Å². The zero-order valence-corrected chi connectivity index (χ0v) is 13.1. The van der Waals surface area contributed by atoms with Crippen LogP contribution >= 0.6 is 0 Å². The Kier molecular flexibility index (Phi) is 7.05. The van der Waals surface area contributed by atoms with Crippen molar-refractivity contribution in [3.63, 3.8) is 0 Å². The van der Waals surface area contributed by atoms with Crippen LogP contribution in [0.25, 0.3) is 0 Å². The molecule has 112 valence electrons. The van der Waals surface area contributed by atoms with Crippen LogP contribution < -0.4 is 10.6 Å². The topological polar surface area (TPSA) is 54.0 Å². The molecule has 0 unspecified atom stereocenters. The van der Waals surface area contributed by atoms with Crippen molar-refractivity contribution in [1.82, 2.24) is 10.3 Å². The second-order valence-corrected chi connectivity index (χ2v) is 5.00. The number of rotatable bonds is 8. The summed E-state index contributed by atoms with van der Waals surface area (Å²) in [5, 5.41) is 6.33. The highest BCUT2D eigenvalue weighted by atomic mass is 16.1. The predicted octanol–water partition coefficient (Wildman–Crippen LogP) is 3.38. The Morgan fingerprint density at radius 3 is 2.45 bits per heavy atom. The molecular weight excluding hydrogens is 250 g/mol. The lowest BCUT2D eigenvalue weighted by Gasteiger charge is -2.15. The molecule has 4 nitrogen and oxygen atoms in total. The predicted molar refractivity (Wildman–Crippen MR) is 84.2 cm³/mol. The van der Waals surface area contributed by atoms with Crippen molar-refractivity contribution in [2.24, 2.45) is 0 Å². The molecule has 1 amide bonds. The third-order valence-electron chi connectivity index (χ3n) is 3.38. The lowest BCUT2D eigenvalue weighted by Crippen LogP contribution is -2.34. The third-order valence-corrected chi connectivity index (χ3v) is 3.38. The minimum absolute atomic E-state index is 0.00431. The Bertz CT molecular complexity index is 428. The zero-order chi connectivity index (χ0) is 15.0. The lowest BCUT2D eigenvalue weighted by molar-refractivity contribution is 0.0934. The van der Waals surface area contributed by atoms with Gasteiger partial charge in [-0.3, -0.25) is 4.79 Å². The van der Waals surface area contributed by atoms with E-state index in [4.69, 9.17) is 0 Å². The number of carbonyl (C=O) groups is 1. The van der Waals surface area contributed by atoms with Gasteiger partial charge in [0.2, 0.25) is 0 Å². The maximum atomic E-state index is 12.3. The molecule has 0 aliphatic heterocycles. The Balaban J connectivity index is 2.89. The number of aromatic nitrogens is 1. The summed E-state index contributed by atoms with van der Waals surface area (Å²) >= 11 is 0. The van der Waals surface area contributed by atoms with Crippen molar-refractivity contribution in [2.45, 2.75) is 59.4 Å². The third kappa shape index (κ3) is 4.83. The van der Waals surface area contributed by atoms with Crippen LogP contribution in [0.5, 0.6) is 0 Å². The number of amides is 1. The van der Waals surface area contributed by atoms with Crippen molar-refractivity contribution in [3.8, 4) is 0 Å². The van der Waals surface area contributed by atoms with Crippen LogP contribution in [0.15, 0.2) is 12.1 Å². The van der Waals surface area contributed by atoms with E-state index in [2.05, 4.69) is 43.3 Å². The molecule has 1 heterocycles. The highest BCUT2D eigenvalue weighted by Gasteiger charge is 2.12. The van der Waals surface area contributed by atoms with E-state index in [1.807, 2.05) is 12.1 Å². The molecule has 0 atom stereocenters. The lowest BCUT2D eigenvalue weighted by atomic mass is 10.1. The van der Waals surface area contributed by atoms with Crippen molar-refractivity contribution in [1.29, 1.82) is 0 Å². The molecule has 0 aliphatic carbocycles. The van der Waals surface area contributed by atoms with Gasteiger partial charge in [-0.1, -0.05) is 27.7 Å². The first-order valence-corrected chi connectivity index (χ1v) is 7.70. The molecule has 4 heteroatoms. The molecule has 0 aliphatic rings. The quantitative estimate of drug-likeness (QED) is 0.766. The highest BCUT2D eigenvalue weighted by molar-refractivity contribution is 5.95. The van der Waals surface area contributed by atoms with Gasteiger partial charge in [0.05, 0.1) is 0 Å². The average molecular weight is 277 g/mol. The average Bonchev–Trinajstić information content (AvgIpc) is 2.49. The summed E-state index contributed by atoms with van der Waals surface area (Å²) in [6, 6.07) is 3.97. The number of carbonyl (C=O) groups excluding carboxylic acids is 1. The van der Waals surface area contributed by atoms with Crippen molar-refractivity contribution in [2.75, 3.05) is 11.9 Å². The van der Waals surface area contributed by atoms with E-state index in [1.54, 1.807) is 0 Å².